The highest BCUT2D eigenvalue weighted by atomic mass is 35.5. The first-order valence-corrected chi connectivity index (χ1v) is 25.2. The summed E-state index contributed by atoms with van der Waals surface area (Å²) in [5.41, 5.74) is 14.5. The Balaban J connectivity index is 1.12. The number of halogens is 2. The van der Waals surface area contributed by atoms with Crippen LogP contribution in [0.3, 0.4) is 0 Å². The van der Waals surface area contributed by atoms with Crippen LogP contribution in [-0.4, -0.2) is 9.13 Å². The number of hydrogen-bond donors (Lipinski definition) is 0. The molecular formula is C66H45Cl2N5. The zero-order chi connectivity index (χ0) is 48.8. The Hall–Kier alpha value is -9.00. The number of hydrogen-bond acceptors (Lipinski definition) is 3. The smallest absolute Gasteiger partial charge is 0.0888 e. The van der Waals surface area contributed by atoms with Crippen LogP contribution in [0, 0.1) is 0 Å². The molecule has 0 spiro atoms. The monoisotopic (exact) mass is 977 g/mol. The number of rotatable bonds is 11. The molecule has 0 N–H and O–H groups in total. The molecule has 0 radical (unpaired) electrons. The third-order valence-electron chi connectivity index (χ3n) is 13.8. The number of fused-ring (bicyclic) bond motifs is 6. The lowest BCUT2D eigenvalue weighted by Gasteiger charge is -2.31. The van der Waals surface area contributed by atoms with Gasteiger partial charge in [0.2, 0.25) is 0 Å². The minimum atomic E-state index is 0.596. The van der Waals surface area contributed by atoms with Gasteiger partial charge in [0.05, 0.1) is 60.5 Å². The molecule has 2 aromatic heterocycles. The Kier molecular flexibility index (Phi) is 11.2. The molecule has 0 saturated heterocycles. The van der Waals surface area contributed by atoms with E-state index < -0.39 is 0 Å². The number of anilines is 9. The van der Waals surface area contributed by atoms with Crippen LogP contribution in [0.15, 0.2) is 273 Å². The predicted octanol–water partition coefficient (Wildman–Crippen LogP) is 19.6. The Morgan fingerprint density at radius 2 is 0.589 bits per heavy atom. The zero-order valence-corrected chi connectivity index (χ0v) is 41.0. The fraction of sp³-hybridized carbons (Fsp3) is 0. The van der Waals surface area contributed by atoms with E-state index in [1.54, 1.807) is 0 Å². The second kappa shape index (κ2) is 18.6. The van der Waals surface area contributed by atoms with Crippen molar-refractivity contribution in [1.29, 1.82) is 0 Å². The number of para-hydroxylation sites is 8. The van der Waals surface area contributed by atoms with E-state index >= 15 is 0 Å². The van der Waals surface area contributed by atoms with Gasteiger partial charge in [-0.25, -0.2) is 0 Å². The third-order valence-corrected chi connectivity index (χ3v) is 14.5. The molecule has 0 bridgehead atoms. The summed E-state index contributed by atoms with van der Waals surface area (Å²) in [4.78, 5) is 6.80. The molecule has 348 valence electrons. The maximum Gasteiger partial charge on any atom is 0.0888 e. The maximum atomic E-state index is 8.13. The SMILES string of the molecule is Clc1c(N(c2ccccc2)c2ccccc2)cccc1-n1c2ccccc2c2cc3c4ccccc4n(-c4cc(N(c5ccccc5)c5ccccc5)cc(N(c5ccccc5)c5ccccc5)c4Cl)c3cc21. The number of benzene rings is 11. The zero-order valence-electron chi connectivity index (χ0n) is 39.5. The summed E-state index contributed by atoms with van der Waals surface area (Å²) in [7, 11) is 0. The van der Waals surface area contributed by atoms with E-state index in [0.29, 0.717) is 10.0 Å². The van der Waals surface area contributed by atoms with Crippen molar-refractivity contribution in [3.63, 3.8) is 0 Å². The number of nitrogens with zero attached hydrogens (tertiary/aromatic N) is 5. The molecule has 73 heavy (non-hydrogen) atoms. The van der Waals surface area contributed by atoms with Crippen LogP contribution >= 0.6 is 23.2 Å². The topological polar surface area (TPSA) is 19.6 Å². The highest BCUT2D eigenvalue weighted by Crippen LogP contribution is 2.50. The predicted molar refractivity (Wildman–Crippen MR) is 309 cm³/mol. The van der Waals surface area contributed by atoms with Crippen molar-refractivity contribution >= 4 is 118 Å². The van der Waals surface area contributed by atoms with E-state index in [1.807, 2.05) is 24.3 Å². The first kappa shape index (κ1) is 44.0. The molecule has 5 nitrogen and oxygen atoms in total. The molecular weight excluding hydrogens is 934 g/mol. The molecule has 2 heterocycles. The molecule has 0 unspecified atom stereocenters. The Morgan fingerprint density at radius 3 is 1.03 bits per heavy atom. The third kappa shape index (κ3) is 7.65. The summed E-state index contributed by atoms with van der Waals surface area (Å²) in [5.74, 6) is 0. The minimum absolute atomic E-state index is 0.596. The van der Waals surface area contributed by atoms with Crippen LogP contribution in [0.4, 0.5) is 51.2 Å². The van der Waals surface area contributed by atoms with Gasteiger partial charge in [0.1, 0.15) is 0 Å². The molecule has 0 aliphatic carbocycles. The summed E-state index contributed by atoms with van der Waals surface area (Å²) < 4.78 is 4.68. The summed E-state index contributed by atoms with van der Waals surface area (Å²) in [6, 6.07) is 95.6. The first-order chi connectivity index (χ1) is 36.1. The lowest BCUT2D eigenvalue weighted by atomic mass is 10.1. The van der Waals surface area contributed by atoms with Crippen LogP contribution in [0.5, 0.6) is 0 Å². The number of aromatic nitrogens is 2. The van der Waals surface area contributed by atoms with Gasteiger partial charge in [-0.15, -0.1) is 0 Å². The first-order valence-electron chi connectivity index (χ1n) is 24.4. The molecule has 0 aliphatic heterocycles. The summed E-state index contributed by atoms with van der Waals surface area (Å²) in [5, 5.41) is 5.70. The molecule has 0 aliphatic rings. The molecule has 0 amide bonds. The van der Waals surface area contributed by atoms with Gasteiger partial charge in [-0.3, -0.25) is 0 Å². The van der Waals surface area contributed by atoms with Crippen LogP contribution in [0.25, 0.3) is 55.0 Å². The standard InChI is InChI=1S/C66H45Cl2N5/c67-65-59(70(48-28-11-3-12-29-48)49-30-13-4-14-31-49)40-23-41-60(65)72-57-38-21-19-36-53(57)55-44-56-54-37-20-22-39-58(54)73(62(56)45-61(55)72)64-43-52(69(46-24-7-1-8-25-46)47-26-9-2-10-27-47)42-63(66(64)68)71(50-32-15-5-16-33-50)51-34-17-6-18-35-51/h1-45H. The normalized spacial score (nSPS) is 11.4. The minimum Gasteiger partial charge on any atom is -0.310 e. The summed E-state index contributed by atoms with van der Waals surface area (Å²) in [6.45, 7) is 0. The van der Waals surface area contributed by atoms with Gasteiger partial charge in [-0.1, -0.05) is 175 Å². The fourth-order valence-corrected chi connectivity index (χ4v) is 11.2. The highest BCUT2D eigenvalue weighted by Gasteiger charge is 2.27. The average molecular weight is 979 g/mol. The van der Waals surface area contributed by atoms with Crippen molar-refractivity contribution in [1.82, 2.24) is 9.13 Å². The average Bonchev–Trinajstić information content (AvgIpc) is 3.95. The quantitative estimate of drug-likeness (QED) is 0.129. The molecule has 11 aromatic carbocycles. The van der Waals surface area contributed by atoms with E-state index in [-0.39, 0.29) is 0 Å². The van der Waals surface area contributed by atoms with E-state index in [9.17, 15) is 0 Å². The molecule has 7 heteroatoms. The molecule has 0 atom stereocenters. The summed E-state index contributed by atoms with van der Waals surface area (Å²) >= 11 is 16.0. The van der Waals surface area contributed by atoms with Crippen LogP contribution in [-0.2, 0) is 0 Å². The van der Waals surface area contributed by atoms with Crippen LogP contribution in [0.2, 0.25) is 10.0 Å². The van der Waals surface area contributed by atoms with E-state index in [2.05, 4.69) is 273 Å². The van der Waals surface area contributed by atoms with Crippen molar-refractivity contribution in [2.75, 3.05) is 14.7 Å². The van der Waals surface area contributed by atoms with Crippen molar-refractivity contribution in [3.05, 3.63) is 283 Å². The highest BCUT2D eigenvalue weighted by molar-refractivity contribution is 6.37. The fourth-order valence-electron chi connectivity index (χ4n) is 10.6. The second-order valence-corrected chi connectivity index (χ2v) is 18.8. The Labute approximate surface area is 433 Å². The molecule has 0 saturated carbocycles. The van der Waals surface area contributed by atoms with Gasteiger partial charge in [0.15, 0.2) is 0 Å². The Bertz CT molecular complexity index is 3990. The molecule has 13 aromatic rings. The van der Waals surface area contributed by atoms with Crippen molar-refractivity contribution < 1.29 is 0 Å². The van der Waals surface area contributed by atoms with Crippen molar-refractivity contribution in [2.24, 2.45) is 0 Å². The van der Waals surface area contributed by atoms with Gasteiger partial charge in [-0.2, -0.15) is 0 Å². The van der Waals surface area contributed by atoms with Gasteiger partial charge >= 0.3 is 0 Å². The van der Waals surface area contributed by atoms with E-state index in [1.165, 1.54) is 0 Å². The van der Waals surface area contributed by atoms with Crippen molar-refractivity contribution in [3.8, 4) is 11.4 Å². The van der Waals surface area contributed by atoms with Gasteiger partial charge in [0, 0.05) is 55.7 Å². The van der Waals surface area contributed by atoms with Gasteiger partial charge in [0.25, 0.3) is 0 Å². The van der Waals surface area contributed by atoms with E-state index in [0.717, 1.165) is 106 Å². The second-order valence-electron chi connectivity index (χ2n) is 18.0. The maximum absolute atomic E-state index is 8.13. The van der Waals surface area contributed by atoms with Crippen molar-refractivity contribution in [2.45, 2.75) is 0 Å². The lowest BCUT2D eigenvalue weighted by molar-refractivity contribution is 1.15. The van der Waals surface area contributed by atoms with E-state index in [4.69, 9.17) is 23.2 Å². The van der Waals surface area contributed by atoms with Crippen LogP contribution in [0.1, 0.15) is 0 Å². The largest absolute Gasteiger partial charge is 0.310 e. The summed E-state index contributed by atoms with van der Waals surface area (Å²) in [6.07, 6.45) is 0. The molecule has 13 rings (SSSR count). The lowest BCUT2D eigenvalue weighted by Crippen LogP contribution is -2.15. The van der Waals surface area contributed by atoms with Gasteiger partial charge < -0.3 is 23.8 Å². The Morgan fingerprint density at radius 1 is 0.233 bits per heavy atom. The van der Waals surface area contributed by atoms with Crippen LogP contribution < -0.4 is 14.7 Å². The van der Waals surface area contributed by atoms with Gasteiger partial charge in [-0.05, 0) is 121 Å². The molecule has 0 fully saturated rings.